The number of nitrogens with zero attached hydrogens (tertiary/aromatic N) is 1. The van der Waals surface area contributed by atoms with Gasteiger partial charge in [0.15, 0.2) is 0 Å². The summed E-state index contributed by atoms with van der Waals surface area (Å²) in [5.74, 6) is -1.97. The van der Waals surface area contributed by atoms with Crippen LogP contribution in [-0.4, -0.2) is 79.9 Å². The highest BCUT2D eigenvalue weighted by Gasteiger charge is 2.23. The van der Waals surface area contributed by atoms with Crippen LogP contribution in [0.4, 0.5) is 11.4 Å². The summed E-state index contributed by atoms with van der Waals surface area (Å²) in [4.78, 5) is 37.2. The molecule has 1 heterocycles. The molecule has 4 rings (SSSR count). The van der Waals surface area contributed by atoms with E-state index in [1.807, 2.05) is 12.1 Å². The van der Waals surface area contributed by atoms with Crippen molar-refractivity contribution in [2.45, 2.75) is 64.0 Å². The van der Waals surface area contributed by atoms with Crippen LogP contribution in [0.3, 0.4) is 0 Å². The van der Waals surface area contributed by atoms with Gasteiger partial charge in [0.25, 0.3) is 5.91 Å². The molecule has 13 heteroatoms. The van der Waals surface area contributed by atoms with E-state index in [0.29, 0.717) is 23.6 Å². The Morgan fingerprint density at radius 2 is 1.61 bits per heavy atom. The zero-order valence-corrected chi connectivity index (χ0v) is 26.1. The second kappa shape index (κ2) is 16.4. The van der Waals surface area contributed by atoms with Gasteiger partial charge in [-0.2, -0.15) is 0 Å². The zero-order chi connectivity index (χ0) is 32.3. The van der Waals surface area contributed by atoms with Crippen LogP contribution in [-0.2, 0) is 19.6 Å². The van der Waals surface area contributed by atoms with Gasteiger partial charge in [-0.05, 0) is 74.2 Å². The summed E-state index contributed by atoms with van der Waals surface area (Å²) >= 11 is 0. The number of carbonyl (C=O) groups is 3. The van der Waals surface area contributed by atoms with Gasteiger partial charge in [0.2, 0.25) is 10.0 Å². The Bertz CT molecular complexity index is 1370. The smallest absolute Gasteiger partial charge is 0.326 e. The molecule has 2 unspecified atom stereocenters. The molecule has 0 aromatic heterocycles. The number of aromatic hydroxyl groups is 1. The molecule has 1 amide bonds. The van der Waals surface area contributed by atoms with Gasteiger partial charge in [0.1, 0.15) is 17.6 Å². The highest BCUT2D eigenvalue weighted by Crippen LogP contribution is 2.28. The minimum atomic E-state index is -3.57. The molecule has 242 valence electrons. The Labute approximate surface area is 258 Å². The van der Waals surface area contributed by atoms with E-state index in [-0.39, 0.29) is 30.2 Å². The molecule has 2 aromatic rings. The Balaban J connectivity index is 0.00000122. The normalized spacial score (nSPS) is 16.5. The molecule has 1 aliphatic heterocycles. The van der Waals surface area contributed by atoms with E-state index in [1.54, 1.807) is 18.2 Å². The van der Waals surface area contributed by atoms with Crippen molar-refractivity contribution in [3.63, 3.8) is 0 Å². The maximum absolute atomic E-state index is 12.4. The van der Waals surface area contributed by atoms with Gasteiger partial charge in [0, 0.05) is 37.3 Å². The van der Waals surface area contributed by atoms with E-state index in [2.05, 4.69) is 20.3 Å². The molecule has 2 atom stereocenters. The van der Waals surface area contributed by atoms with Crippen LogP contribution in [0.25, 0.3) is 0 Å². The van der Waals surface area contributed by atoms with E-state index in [4.69, 9.17) is 0 Å². The van der Waals surface area contributed by atoms with Crippen LogP contribution in [0, 0.1) is 5.92 Å². The average Bonchev–Trinajstić information content (AvgIpc) is 2.92. The number of sulfonamides is 1. The van der Waals surface area contributed by atoms with E-state index in [9.17, 15) is 38.1 Å². The number of piperidine rings is 1. The first-order valence-electron chi connectivity index (χ1n) is 14.9. The maximum atomic E-state index is 12.4. The summed E-state index contributed by atoms with van der Waals surface area (Å²) in [7, 11) is -3.57. The molecule has 2 aliphatic rings. The van der Waals surface area contributed by atoms with Gasteiger partial charge >= 0.3 is 5.97 Å². The number of aliphatic carboxylic acids is 1. The Morgan fingerprint density at radius 1 is 1.00 bits per heavy atom. The molecule has 2 aromatic carbocycles. The quantitative estimate of drug-likeness (QED) is 0.179. The fraction of sp³-hybridized carbons (Fsp3) is 0.516. The average molecular weight is 633 g/mol. The van der Waals surface area contributed by atoms with Crippen molar-refractivity contribution in [1.82, 2.24) is 10.6 Å². The van der Waals surface area contributed by atoms with Crippen molar-refractivity contribution >= 4 is 39.1 Å². The summed E-state index contributed by atoms with van der Waals surface area (Å²) in [6.07, 6.45) is 7.65. The standard InChI is InChI=1S/C27H36N4O8S.C4H8/c1-17(32)13-23(27(36)37)29-26(35)19-3-6-21(7-4-19)31-11-9-18(10-12-31)15-28-16-25(34)20-5-8-24(33)22(14-20)30-40(2,38)39;1-2-4-3-1/h3-8,14,18,23,25,28,30,33-34H,9-13,15-16H2,1-2H3,(H,29,35)(H,36,37);1-4H2. The third kappa shape index (κ3) is 11.4. The highest BCUT2D eigenvalue weighted by atomic mass is 32.2. The maximum Gasteiger partial charge on any atom is 0.326 e. The predicted octanol–water partition coefficient (Wildman–Crippen LogP) is 3.03. The lowest BCUT2D eigenvalue weighted by Gasteiger charge is -2.34. The van der Waals surface area contributed by atoms with Gasteiger partial charge in [-0.15, -0.1) is 0 Å². The first kappa shape index (κ1) is 34.8. The van der Waals surface area contributed by atoms with E-state index in [1.165, 1.54) is 44.7 Å². The molecule has 0 radical (unpaired) electrons. The molecule has 1 aliphatic carbocycles. The number of carbonyl (C=O) groups excluding carboxylic acids is 2. The van der Waals surface area contributed by atoms with Crippen molar-refractivity contribution < 1.29 is 38.1 Å². The van der Waals surface area contributed by atoms with Crippen molar-refractivity contribution in [1.29, 1.82) is 0 Å². The van der Waals surface area contributed by atoms with Crippen molar-refractivity contribution in [3.05, 3.63) is 53.6 Å². The second-order valence-corrected chi connectivity index (χ2v) is 13.2. The number of ketones is 1. The van der Waals surface area contributed by atoms with Crippen LogP contribution in [0.1, 0.15) is 73.9 Å². The minimum Gasteiger partial charge on any atom is -0.506 e. The number of aliphatic hydroxyl groups is 1. The number of hydrogen-bond acceptors (Lipinski definition) is 9. The van der Waals surface area contributed by atoms with Gasteiger partial charge in [0.05, 0.1) is 18.0 Å². The Kier molecular flexibility index (Phi) is 13.0. The SMILES string of the molecule is C1CCC1.CC(=O)CC(NC(=O)c1ccc(N2CCC(CNCC(O)c3ccc(O)c(NS(C)(=O)=O)c3)CC2)cc1)C(=O)O. The zero-order valence-electron chi connectivity index (χ0n) is 25.3. The van der Waals surface area contributed by atoms with Crippen LogP contribution in [0.2, 0.25) is 0 Å². The lowest BCUT2D eigenvalue weighted by Crippen LogP contribution is -2.42. The summed E-state index contributed by atoms with van der Waals surface area (Å²) in [6, 6.07) is 9.91. The first-order chi connectivity index (χ1) is 20.8. The predicted molar refractivity (Wildman–Crippen MR) is 168 cm³/mol. The minimum absolute atomic E-state index is 0.0116. The Morgan fingerprint density at radius 3 is 2.14 bits per heavy atom. The number of aliphatic hydroxyl groups excluding tert-OH is 1. The van der Waals surface area contributed by atoms with Gasteiger partial charge in [-0.1, -0.05) is 31.7 Å². The third-order valence-electron chi connectivity index (χ3n) is 7.68. The number of benzene rings is 2. The van der Waals surface area contributed by atoms with Crippen molar-refractivity contribution in [2.75, 3.05) is 42.1 Å². The number of phenolic OH excluding ortho intramolecular Hbond substituents is 1. The second-order valence-electron chi connectivity index (χ2n) is 11.5. The number of hydrogen-bond donors (Lipinski definition) is 6. The number of rotatable bonds is 13. The first-order valence-corrected chi connectivity index (χ1v) is 16.8. The molecular formula is C31H44N4O8S. The van der Waals surface area contributed by atoms with Crippen LogP contribution in [0.15, 0.2) is 42.5 Å². The molecular weight excluding hydrogens is 588 g/mol. The number of amides is 1. The fourth-order valence-corrected chi connectivity index (χ4v) is 5.35. The molecule has 6 N–H and O–H groups in total. The molecule has 12 nitrogen and oxygen atoms in total. The van der Waals surface area contributed by atoms with E-state index < -0.39 is 34.0 Å². The van der Waals surface area contributed by atoms with Gasteiger partial charge in [-0.25, -0.2) is 13.2 Å². The number of nitrogens with one attached hydrogen (secondary N) is 3. The molecule has 1 saturated heterocycles. The van der Waals surface area contributed by atoms with Crippen molar-refractivity contribution in [2.24, 2.45) is 5.92 Å². The largest absolute Gasteiger partial charge is 0.506 e. The lowest BCUT2D eigenvalue weighted by molar-refractivity contribution is -0.140. The molecule has 0 bridgehead atoms. The Hall–Kier alpha value is -3.68. The molecule has 44 heavy (non-hydrogen) atoms. The van der Waals surface area contributed by atoms with Gasteiger partial charge < -0.3 is 30.9 Å². The van der Waals surface area contributed by atoms with E-state index >= 15 is 0 Å². The fourth-order valence-electron chi connectivity index (χ4n) is 4.78. The van der Waals surface area contributed by atoms with Crippen LogP contribution in [0.5, 0.6) is 5.75 Å². The van der Waals surface area contributed by atoms with E-state index in [0.717, 1.165) is 37.9 Å². The van der Waals surface area contributed by atoms with Crippen LogP contribution < -0.4 is 20.3 Å². The topological polar surface area (TPSA) is 185 Å². The number of phenols is 1. The monoisotopic (exact) mass is 632 g/mol. The van der Waals surface area contributed by atoms with Crippen LogP contribution >= 0.6 is 0 Å². The summed E-state index contributed by atoms with van der Waals surface area (Å²) in [5.41, 5.74) is 1.74. The third-order valence-corrected chi connectivity index (χ3v) is 8.27. The summed E-state index contributed by atoms with van der Waals surface area (Å²) < 4.78 is 25.2. The number of carboxylic acid groups (broad SMARTS) is 1. The number of anilines is 2. The molecule has 1 saturated carbocycles. The summed E-state index contributed by atoms with van der Waals surface area (Å²) in [6.45, 7) is 3.84. The highest BCUT2D eigenvalue weighted by molar-refractivity contribution is 7.92. The number of carboxylic acids is 1. The van der Waals surface area contributed by atoms with Crippen molar-refractivity contribution in [3.8, 4) is 5.75 Å². The van der Waals surface area contributed by atoms with Gasteiger partial charge in [-0.3, -0.25) is 14.3 Å². The lowest BCUT2D eigenvalue weighted by atomic mass is 9.96. The molecule has 2 fully saturated rings. The molecule has 0 spiro atoms. The number of Topliss-reactive ketones (excluding diaryl/α,β-unsaturated/α-hetero) is 1. The summed E-state index contributed by atoms with van der Waals surface area (Å²) in [5, 5.41) is 35.3.